The first-order valence-electron chi connectivity index (χ1n) is 27.6. The standard InChI is InChI=1S/C59H78N6O16/c1-7-42-27-46-35-60-51-33-55(53(71-5)31-49(51)58(68)64(46)37-42)80-39-44-29-48(30-45(62-44)40-81-56-34-52-50(32-54(56)72-6)59(69)65-38-43(8-2)28-47(65)36-61-52)79-16-12-63(11-15-75-21-24-77-22-19-73-13-9-41(3)66)57(67)10-14-74-20-23-78-26-25-76-18-17-70-4/h7-8,29-36,46-47H,9-28,37-40H2,1-6H3/b42-7+,43-8+/t46-,47?/m0/s1. The predicted molar refractivity (Wildman–Crippen MR) is 300 cm³/mol. The molecule has 5 heterocycles. The fourth-order valence-electron chi connectivity index (χ4n) is 9.25. The molecule has 2 fully saturated rings. The molecule has 0 bridgehead atoms. The molecule has 81 heavy (non-hydrogen) atoms. The maximum absolute atomic E-state index is 13.8. The number of hydrogen-bond donors (Lipinski definition) is 0. The number of ketones is 1. The quantitative estimate of drug-likeness (QED) is 0.0458. The third kappa shape index (κ3) is 18.4. The van der Waals surface area contributed by atoms with E-state index in [1.807, 2.05) is 48.2 Å². The van der Waals surface area contributed by atoms with Gasteiger partial charge in [0.05, 0.1) is 159 Å². The highest BCUT2D eigenvalue weighted by Crippen LogP contribution is 2.41. The summed E-state index contributed by atoms with van der Waals surface area (Å²) in [5.74, 6) is 1.48. The number of methoxy groups -OCH3 is 3. The number of carbonyl (C=O) groups excluding carboxylic acids is 4. The number of aliphatic imine (C=N–C) groups is 2. The first-order valence-corrected chi connectivity index (χ1v) is 27.6. The Morgan fingerprint density at radius 2 is 1.00 bits per heavy atom. The highest BCUT2D eigenvalue weighted by atomic mass is 16.6. The topological polar surface area (TPSA) is 226 Å². The van der Waals surface area contributed by atoms with E-state index in [9.17, 15) is 19.2 Å². The van der Waals surface area contributed by atoms with E-state index in [2.05, 4.69) is 0 Å². The summed E-state index contributed by atoms with van der Waals surface area (Å²) in [4.78, 5) is 72.2. The molecule has 1 unspecified atom stereocenters. The Bertz CT molecular complexity index is 2580. The monoisotopic (exact) mass is 1130 g/mol. The number of aromatic nitrogens is 1. The molecule has 7 rings (SSSR count). The van der Waals surface area contributed by atoms with Gasteiger partial charge >= 0.3 is 0 Å². The molecule has 1 aromatic heterocycles. The van der Waals surface area contributed by atoms with Crippen molar-refractivity contribution in [2.45, 2.75) is 71.8 Å². The SMILES string of the molecule is C/C=C1\CC2C=Nc3cc(OCc4cc(OCCN(CCOCCOCCOCCC(C)=O)C(=O)CCOCCOCCOCCOC)cc(COc5cc6c(cc5OC)C(=O)N5C/C(=C/C)C[C@H]5C=N6)n4)c(OC)cc3C(=O)N2C1. The number of carbonyl (C=O) groups is 4. The number of ether oxygens (including phenoxy) is 12. The molecule has 2 aromatic carbocycles. The molecule has 22 nitrogen and oxygen atoms in total. The van der Waals surface area contributed by atoms with Gasteiger partial charge in [-0.2, -0.15) is 0 Å². The molecule has 3 amide bonds. The molecular weight excluding hydrogens is 1050 g/mol. The Balaban J connectivity index is 1.04. The van der Waals surface area contributed by atoms with Crippen molar-refractivity contribution in [1.29, 1.82) is 0 Å². The van der Waals surface area contributed by atoms with E-state index in [1.165, 1.54) is 32.3 Å². The Morgan fingerprint density at radius 3 is 1.46 bits per heavy atom. The number of fused-ring (bicyclic) bond motifs is 4. The lowest BCUT2D eigenvalue weighted by molar-refractivity contribution is -0.133. The van der Waals surface area contributed by atoms with Crippen LogP contribution in [-0.4, -0.2) is 208 Å². The van der Waals surface area contributed by atoms with Crippen LogP contribution in [0.5, 0.6) is 28.7 Å². The average molecular weight is 1130 g/mol. The van der Waals surface area contributed by atoms with Gasteiger partial charge in [-0.25, -0.2) is 0 Å². The summed E-state index contributed by atoms with van der Waals surface area (Å²) in [5, 5.41) is 0. The number of benzene rings is 2. The second kappa shape index (κ2) is 32.6. The van der Waals surface area contributed by atoms with Crippen LogP contribution in [0.2, 0.25) is 0 Å². The van der Waals surface area contributed by atoms with Gasteiger partial charge in [0.25, 0.3) is 11.8 Å². The number of amides is 3. The molecule has 2 saturated heterocycles. The minimum absolute atomic E-state index is 0.0479. The Hall–Kier alpha value is -6.79. The molecule has 0 radical (unpaired) electrons. The summed E-state index contributed by atoms with van der Waals surface area (Å²) >= 11 is 0. The summed E-state index contributed by atoms with van der Waals surface area (Å²) in [5.41, 5.74) is 5.06. The third-order valence-corrected chi connectivity index (χ3v) is 13.7. The van der Waals surface area contributed by atoms with Gasteiger partial charge in [0.2, 0.25) is 5.91 Å². The molecule has 4 aliphatic heterocycles. The molecule has 440 valence electrons. The van der Waals surface area contributed by atoms with Crippen LogP contribution in [0.25, 0.3) is 0 Å². The number of rotatable bonds is 36. The highest BCUT2D eigenvalue weighted by Gasteiger charge is 2.36. The summed E-state index contributed by atoms with van der Waals surface area (Å²) in [6, 6.07) is 9.91. The van der Waals surface area contributed by atoms with Crippen LogP contribution < -0.4 is 23.7 Å². The van der Waals surface area contributed by atoms with E-state index >= 15 is 0 Å². The molecule has 4 aliphatic rings. The Kier molecular flexibility index (Phi) is 24.9. The van der Waals surface area contributed by atoms with Gasteiger partial charge < -0.3 is 71.5 Å². The van der Waals surface area contributed by atoms with E-state index in [0.717, 1.165) is 12.8 Å². The van der Waals surface area contributed by atoms with Gasteiger partial charge in [0, 0.05) is 69.9 Å². The summed E-state index contributed by atoms with van der Waals surface area (Å²) in [7, 11) is 4.64. The number of hydrogen-bond acceptors (Lipinski definition) is 19. The Morgan fingerprint density at radius 1 is 0.556 bits per heavy atom. The van der Waals surface area contributed by atoms with Gasteiger partial charge in [-0.05, 0) is 45.7 Å². The van der Waals surface area contributed by atoms with Crippen LogP contribution in [0.4, 0.5) is 11.4 Å². The van der Waals surface area contributed by atoms with Crippen molar-refractivity contribution in [3.63, 3.8) is 0 Å². The van der Waals surface area contributed by atoms with Crippen molar-refractivity contribution < 1.29 is 76.0 Å². The van der Waals surface area contributed by atoms with Crippen molar-refractivity contribution >= 4 is 47.3 Å². The molecule has 0 saturated carbocycles. The van der Waals surface area contributed by atoms with E-state index < -0.39 is 0 Å². The maximum atomic E-state index is 13.8. The van der Waals surface area contributed by atoms with Crippen molar-refractivity contribution in [2.24, 2.45) is 9.98 Å². The van der Waals surface area contributed by atoms with Crippen LogP contribution in [0, 0.1) is 0 Å². The highest BCUT2D eigenvalue weighted by molar-refractivity contribution is 6.05. The van der Waals surface area contributed by atoms with Gasteiger partial charge in [-0.3, -0.25) is 34.1 Å². The lowest BCUT2D eigenvalue weighted by atomic mass is 10.1. The minimum Gasteiger partial charge on any atom is -0.493 e. The van der Waals surface area contributed by atoms with Crippen molar-refractivity contribution in [3.05, 3.63) is 82.2 Å². The first kappa shape index (κ1) is 61.8. The number of pyridine rings is 1. The number of Topliss-reactive ketones (excluding diaryl/α,β-unsaturated/α-hetero) is 1. The summed E-state index contributed by atoms with van der Waals surface area (Å²) < 4.78 is 69.4. The Labute approximate surface area is 474 Å². The van der Waals surface area contributed by atoms with Crippen LogP contribution >= 0.6 is 0 Å². The normalized spacial score (nSPS) is 17.2. The lowest BCUT2D eigenvalue weighted by Crippen LogP contribution is -2.38. The molecule has 0 spiro atoms. The smallest absolute Gasteiger partial charge is 0.257 e. The number of nitrogens with zero attached hydrogens (tertiary/aromatic N) is 6. The van der Waals surface area contributed by atoms with Crippen LogP contribution in [0.1, 0.15) is 78.6 Å². The molecule has 2 atom stereocenters. The van der Waals surface area contributed by atoms with Crippen LogP contribution in [0.15, 0.2) is 69.7 Å². The fourth-order valence-corrected chi connectivity index (χ4v) is 9.25. The fraction of sp³-hybridized carbons (Fsp3) is 0.542. The second-order valence-corrected chi connectivity index (χ2v) is 19.4. The average Bonchev–Trinajstić information content (AvgIpc) is 4.27. The second-order valence-electron chi connectivity index (χ2n) is 19.4. The maximum Gasteiger partial charge on any atom is 0.257 e. The van der Waals surface area contributed by atoms with Gasteiger partial charge in [0.1, 0.15) is 31.4 Å². The predicted octanol–water partition coefficient (Wildman–Crippen LogP) is 6.33. The van der Waals surface area contributed by atoms with E-state index in [4.69, 9.17) is 71.8 Å². The van der Waals surface area contributed by atoms with Crippen molar-refractivity contribution in [1.82, 2.24) is 19.7 Å². The first-order chi connectivity index (χ1) is 39.5. The third-order valence-electron chi connectivity index (χ3n) is 13.7. The van der Waals surface area contributed by atoms with Gasteiger partial charge in [0.15, 0.2) is 23.0 Å². The van der Waals surface area contributed by atoms with E-state index in [0.29, 0.717) is 155 Å². The van der Waals surface area contributed by atoms with Crippen LogP contribution in [-0.2, 0) is 56.0 Å². The van der Waals surface area contributed by atoms with E-state index in [1.54, 1.807) is 48.4 Å². The van der Waals surface area contributed by atoms with E-state index in [-0.39, 0.29) is 88.1 Å². The number of allylic oxidation sites excluding steroid dienone is 2. The van der Waals surface area contributed by atoms with Crippen LogP contribution in [0.3, 0.4) is 0 Å². The molecule has 22 heteroatoms. The lowest BCUT2D eigenvalue weighted by Gasteiger charge is -2.23. The molecule has 3 aromatic rings. The van der Waals surface area contributed by atoms with Crippen molar-refractivity contribution in [2.75, 3.05) is 140 Å². The van der Waals surface area contributed by atoms with Gasteiger partial charge in [-0.15, -0.1) is 0 Å². The molecule has 0 aliphatic carbocycles. The summed E-state index contributed by atoms with van der Waals surface area (Å²) in [6.45, 7) is 11.7. The van der Waals surface area contributed by atoms with Crippen molar-refractivity contribution in [3.8, 4) is 28.7 Å². The zero-order valence-corrected chi connectivity index (χ0v) is 47.6. The summed E-state index contributed by atoms with van der Waals surface area (Å²) in [6.07, 6.45) is 9.64. The zero-order valence-electron chi connectivity index (χ0n) is 47.6. The molecule has 0 N–H and O–H groups in total. The van der Waals surface area contributed by atoms with Gasteiger partial charge in [-0.1, -0.05) is 23.3 Å². The molecular formula is C59H78N6O16. The zero-order chi connectivity index (χ0) is 57.3. The largest absolute Gasteiger partial charge is 0.493 e. The minimum atomic E-state index is -0.154.